The second-order valence-electron chi connectivity index (χ2n) is 9.43. The summed E-state index contributed by atoms with van der Waals surface area (Å²) in [7, 11) is 0. The number of fused-ring (bicyclic) bond motifs is 2. The molecule has 25 heavy (non-hydrogen) atoms. The first-order chi connectivity index (χ1) is 11.8. The first-order valence-corrected chi connectivity index (χ1v) is 10.2. The SMILES string of the molecule is CC1(C)C2CCC1(C)C(NC(=O)C1(c3ccc(Cl)cc3)CCCC1)C2. The quantitative estimate of drug-likeness (QED) is 0.760. The molecule has 1 N–H and O–H groups in total. The van der Waals surface area contributed by atoms with Gasteiger partial charge in [-0.25, -0.2) is 0 Å². The van der Waals surface area contributed by atoms with Crippen LogP contribution >= 0.6 is 11.6 Å². The highest BCUT2D eigenvalue weighted by Gasteiger charge is 2.62. The predicted molar refractivity (Wildman–Crippen MR) is 103 cm³/mol. The van der Waals surface area contributed by atoms with E-state index >= 15 is 0 Å². The summed E-state index contributed by atoms with van der Waals surface area (Å²) in [5.41, 5.74) is 1.34. The maximum absolute atomic E-state index is 13.5. The van der Waals surface area contributed by atoms with E-state index < -0.39 is 0 Å². The van der Waals surface area contributed by atoms with Gasteiger partial charge in [-0.2, -0.15) is 0 Å². The molecule has 0 radical (unpaired) electrons. The van der Waals surface area contributed by atoms with Gasteiger partial charge in [0.2, 0.25) is 5.91 Å². The number of carbonyl (C=O) groups excluding carboxylic acids is 1. The molecule has 0 spiro atoms. The molecule has 136 valence electrons. The summed E-state index contributed by atoms with van der Waals surface area (Å²) in [6.45, 7) is 7.21. The van der Waals surface area contributed by atoms with Gasteiger partial charge in [-0.05, 0) is 66.5 Å². The highest BCUT2D eigenvalue weighted by molar-refractivity contribution is 6.30. The molecule has 4 rings (SSSR count). The fourth-order valence-corrected chi connectivity index (χ4v) is 6.24. The Labute approximate surface area is 156 Å². The molecule has 3 unspecified atom stereocenters. The van der Waals surface area contributed by atoms with Crippen molar-refractivity contribution in [2.24, 2.45) is 16.7 Å². The van der Waals surface area contributed by atoms with E-state index in [1.807, 2.05) is 12.1 Å². The molecule has 3 fully saturated rings. The number of carbonyl (C=O) groups is 1. The Morgan fingerprint density at radius 3 is 2.24 bits per heavy atom. The lowest BCUT2D eigenvalue weighted by molar-refractivity contribution is -0.128. The van der Waals surface area contributed by atoms with Crippen LogP contribution in [-0.4, -0.2) is 11.9 Å². The average molecular weight is 360 g/mol. The number of amides is 1. The number of hydrogen-bond donors (Lipinski definition) is 1. The van der Waals surface area contributed by atoms with Crippen molar-refractivity contribution in [3.8, 4) is 0 Å². The molecule has 1 amide bonds. The van der Waals surface area contributed by atoms with Crippen LogP contribution in [0, 0.1) is 16.7 Å². The van der Waals surface area contributed by atoms with E-state index in [1.165, 1.54) is 12.8 Å². The zero-order valence-corrected chi connectivity index (χ0v) is 16.5. The third-order valence-corrected chi connectivity index (χ3v) is 8.64. The van der Waals surface area contributed by atoms with E-state index in [0.717, 1.165) is 48.6 Å². The van der Waals surface area contributed by atoms with Crippen molar-refractivity contribution in [1.82, 2.24) is 5.32 Å². The van der Waals surface area contributed by atoms with Crippen molar-refractivity contribution in [1.29, 1.82) is 0 Å². The summed E-state index contributed by atoms with van der Waals surface area (Å²) in [6, 6.07) is 8.27. The minimum absolute atomic E-state index is 0.229. The van der Waals surface area contributed by atoms with Gasteiger partial charge in [-0.15, -0.1) is 0 Å². The molecular formula is C22H30ClNO. The zero-order valence-electron chi connectivity index (χ0n) is 15.7. The lowest BCUT2D eigenvalue weighted by Crippen LogP contribution is -2.52. The Morgan fingerprint density at radius 2 is 1.72 bits per heavy atom. The van der Waals surface area contributed by atoms with Crippen LogP contribution in [0.4, 0.5) is 0 Å². The van der Waals surface area contributed by atoms with Crippen LogP contribution in [0.25, 0.3) is 0 Å². The molecule has 1 aromatic carbocycles. The molecule has 1 aromatic rings. The van der Waals surface area contributed by atoms with Crippen molar-refractivity contribution in [2.75, 3.05) is 0 Å². The molecule has 0 heterocycles. The number of halogens is 1. The van der Waals surface area contributed by atoms with Gasteiger partial charge < -0.3 is 5.32 Å². The van der Waals surface area contributed by atoms with Crippen LogP contribution in [0.2, 0.25) is 5.02 Å². The number of nitrogens with one attached hydrogen (secondary N) is 1. The molecule has 3 saturated carbocycles. The number of rotatable bonds is 3. The number of benzene rings is 1. The highest BCUT2D eigenvalue weighted by Crippen LogP contribution is 2.65. The average Bonchev–Trinajstić information content (AvgIpc) is 3.20. The Hall–Kier alpha value is -1.02. The Kier molecular flexibility index (Phi) is 3.99. The summed E-state index contributed by atoms with van der Waals surface area (Å²) in [5.74, 6) is 1.000. The molecule has 0 aliphatic heterocycles. The fourth-order valence-electron chi connectivity index (χ4n) is 6.11. The topological polar surface area (TPSA) is 29.1 Å². The standard InChI is InChI=1S/C22H30ClNO/c1-20(2)16-10-13-21(20,3)18(14-16)24-19(25)22(11-4-5-12-22)15-6-8-17(23)9-7-15/h6-9,16,18H,4-5,10-14H2,1-3H3,(H,24,25). The van der Waals surface area contributed by atoms with Gasteiger partial charge in [0, 0.05) is 11.1 Å². The van der Waals surface area contributed by atoms with Crippen LogP contribution in [0.5, 0.6) is 0 Å². The van der Waals surface area contributed by atoms with Gasteiger partial charge in [0.15, 0.2) is 0 Å². The second kappa shape index (κ2) is 5.74. The molecule has 2 bridgehead atoms. The smallest absolute Gasteiger partial charge is 0.230 e. The van der Waals surface area contributed by atoms with Crippen molar-refractivity contribution >= 4 is 17.5 Å². The normalized spacial score (nSPS) is 35.0. The molecule has 0 saturated heterocycles. The van der Waals surface area contributed by atoms with E-state index in [9.17, 15) is 4.79 Å². The minimum atomic E-state index is -0.354. The third kappa shape index (κ3) is 2.40. The van der Waals surface area contributed by atoms with Crippen LogP contribution < -0.4 is 5.32 Å². The number of hydrogen-bond acceptors (Lipinski definition) is 1. The van der Waals surface area contributed by atoms with Crippen molar-refractivity contribution in [3.05, 3.63) is 34.9 Å². The largest absolute Gasteiger partial charge is 0.352 e. The Morgan fingerprint density at radius 1 is 1.08 bits per heavy atom. The molecule has 3 heteroatoms. The monoisotopic (exact) mass is 359 g/mol. The van der Waals surface area contributed by atoms with Crippen LogP contribution in [0.1, 0.15) is 71.3 Å². The van der Waals surface area contributed by atoms with Crippen LogP contribution in [-0.2, 0) is 10.2 Å². The Bertz CT molecular complexity index is 674. The van der Waals surface area contributed by atoms with Crippen molar-refractivity contribution in [3.63, 3.8) is 0 Å². The highest BCUT2D eigenvalue weighted by atomic mass is 35.5. The summed E-state index contributed by atoms with van der Waals surface area (Å²) in [4.78, 5) is 13.5. The van der Waals surface area contributed by atoms with Crippen molar-refractivity contribution in [2.45, 2.75) is 77.2 Å². The summed E-state index contributed by atoms with van der Waals surface area (Å²) in [5, 5.41) is 4.27. The van der Waals surface area contributed by atoms with Crippen LogP contribution in [0.3, 0.4) is 0 Å². The van der Waals surface area contributed by atoms with Crippen molar-refractivity contribution < 1.29 is 4.79 Å². The minimum Gasteiger partial charge on any atom is -0.352 e. The van der Waals surface area contributed by atoms with Gasteiger partial charge in [-0.3, -0.25) is 4.79 Å². The second-order valence-corrected chi connectivity index (χ2v) is 9.87. The van der Waals surface area contributed by atoms with E-state index in [1.54, 1.807) is 0 Å². The lowest BCUT2D eigenvalue weighted by atomic mass is 9.68. The van der Waals surface area contributed by atoms with Gasteiger partial charge >= 0.3 is 0 Å². The van der Waals surface area contributed by atoms with E-state index in [0.29, 0.717) is 11.5 Å². The van der Waals surface area contributed by atoms with Crippen LogP contribution in [0.15, 0.2) is 24.3 Å². The predicted octanol–water partition coefficient (Wildman–Crippen LogP) is 5.48. The zero-order chi connectivity index (χ0) is 17.9. The summed E-state index contributed by atoms with van der Waals surface area (Å²) in [6.07, 6.45) is 7.87. The van der Waals surface area contributed by atoms with E-state index in [-0.39, 0.29) is 16.7 Å². The molecule has 0 aromatic heterocycles. The fraction of sp³-hybridized carbons (Fsp3) is 0.682. The van der Waals surface area contributed by atoms with Gasteiger partial charge in [0.1, 0.15) is 0 Å². The third-order valence-electron chi connectivity index (χ3n) is 8.39. The van der Waals surface area contributed by atoms with Gasteiger partial charge in [0.25, 0.3) is 0 Å². The first-order valence-electron chi connectivity index (χ1n) is 9.87. The molecule has 3 atom stereocenters. The molecular weight excluding hydrogens is 330 g/mol. The maximum Gasteiger partial charge on any atom is 0.230 e. The van der Waals surface area contributed by atoms with Gasteiger partial charge in [-0.1, -0.05) is 57.3 Å². The van der Waals surface area contributed by atoms with E-state index in [2.05, 4.69) is 38.2 Å². The molecule has 2 nitrogen and oxygen atoms in total. The molecule has 3 aliphatic rings. The van der Waals surface area contributed by atoms with Gasteiger partial charge in [0.05, 0.1) is 5.41 Å². The summed E-state index contributed by atoms with van der Waals surface area (Å²) >= 11 is 6.07. The molecule has 3 aliphatic carbocycles. The lowest BCUT2D eigenvalue weighted by Gasteiger charge is -2.41. The van der Waals surface area contributed by atoms with E-state index in [4.69, 9.17) is 11.6 Å². The Balaban J connectivity index is 1.60. The first kappa shape index (κ1) is 17.4. The summed E-state index contributed by atoms with van der Waals surface area (Å²) < 4.78 is 0. The maximum atomic E-state index is 13.5.